The number of nitrogens with zero attached hydrogens (tertiary/aromatic N) is 1. The van der Waals surface area contributed by atoms with Gasteiger partial charge in [0.1, 0.15) is 6.04 Å². The van der Waals surface area contributed by atoms with Crippen LogP contribution in [0.5, 0.6) is 0 Å². The van der Waals surface area contributed by atoms with E-state index >= 15 is 0 Å². The van der Waals surface area contributed by atoms with E-state index in [4.69, 9.17) is 0 Å². The highest BCUT2D eigenvalue weighted by Gasteiger charge is 2.27. The zero-order valence-electron chi connectivity index (χ0n) is 17.7. The Morgan fingerprint density at radius 3 is 2.32 bits per heavy atom. The Labute approximate surface area is 183 Å². The molecule has 1 fully saturated rings. The minimum absolute atomic E-state index is 0.151. The fourth-order valence-corrected chi connectivity index (χ4v) is 4.89. The summed E-state index contributed by atoms with van der Waals surface area (Å²) in [6, 6.07) is 12.3. The van der Waals surface area contributed by atoms with Gasteiger partial charge in [0, 0.05) is 24.5 Å². The number of anilines is 2. The van der Waals surface area contributed by atoms with Crippen LogP contribution in [0.2, 0.25) is 0 Å². The summed E-state index contributed by atoms with van der Waals surface area (Å²) < 4.78 is 27.4. The van der Waals surface area contributed by atoms with Gasteiger partial charge >= 0.3 is 6.03 Å². The topological polar surface area (TPSA) is 108 Å². The molecule has 3 rings (SSSR count). The molecule has 0 spiro atoms. The highest BCUT2D eigenvalue weighted by molar-refractivity contribution is 7.89. The number of carbonyl (C=O) groups excluding carboxylic acids is 2. The zero-order valence-corrected chi connectivity index (χ0v) is 18.5. The van der Waals surface area contributed by atoms with E-state index < -0.39 is 28.0 Å². The quantitative estimate of drug-likeness (QED) is 0.635. The second kappa shape index (κ2) is 9.93. The van der Waals surface area contributed by atoms with Gasteiger partial charge in [0.05, 0.1) is 4.90 Å². The molecule has 0 aliphatic carbocycles. The number of aryl methyl sites for hydroxylation is 1. The number of sulfonamides is 1. The molecule has 0 saturated carbocycles. The maximum atomic E-state index is 12.9. The summed E-state index contributed by atoms with van der Waals surface area (Å²) in [5, 5.41) is 7.96. The SMILES string of the molecule is Cc1ccc(S(=O)(=O)N2CCCCC2)cc1NC(=O)[C@H](C)NC(=O)Nc1ccccc1. The number of carbonyl (C=O) groups is 2. The minimum Gasteiger partial charge on any atom is -0.326 e. The number of benzene rings is 2. The Bertz CT molecular complexity index is 1030. The number of amides is 3. The van der Waals surface area contributed by atoms with Crippen LogP contribution >= 0.6 is 0 Å². The van der Waals surface area contributed by atoms with Gasteiger partial charge in [0.15, 0.2) is 0 Å². The number of piperidine rings is 1. The Hall–Kier alpha value is -2.91. The zero-order chi connectivity index (χ0) is 22.4. The number of para-hydroxylation sites is 1. The number of nitrogens with one attached hydrogen (secondary N) is 3. The van der Waals surface area contributed by atoms with Crippen molar-refractivity contribution >= 4 is 33.3 Å². The van der Waals surface area contributed by atoms with Crippen LogP contribution in [0.25, 0.3) is 0 Å². The molecule has 166 valence electrons. The lowest BCUT2D eigenvalue weighted by molar-refractivity contribution is -0.117. The van der Waals surface area contributed by atoms with Crippen LogP contribution in [0.15, 0.2) is 53.4 Å². The van der Waals surface area contributed by atoms with E-state index in [1.54, 1.807) is 50.2 Å². The molecule has 8 nitrogen and oxygen atoms in total. The van der Waals surface area contributed by atoms with Gasteiger partial charge in [-0.15, -0.1) is 0 Å². The van der Waals surface area contributed by atoms with Gasteiger partial charge < -0.3 is 16.0 Å². The van der Waals surface area contributed by atoms with Gasteiger partial charge in [-0.3, -0.25) is 4.79 Å². The van der Waals surface area contributed by atoms with Crippen LogP contribution in [0, 0.1) is 6.92 Å². The number of rotatable bonds is 6. The molecule has 3 N–H and O–H groups in total. The molecule has 1 heterocycles. The van der Waals surface area contributed by atoms with Crippen LogP contribution in [0.4, 0.5) is 16.2 Å². The predicted octanol–water partition coefficient (Wildman–Crippen LogP) is 3.32. The van der Waals surface area contributed by atoms with E-state index in [0.29, 0.717) is 24.5 Å². The van der Waals surface area contributed by atoms with Gasteiger partial charge in [-0.1, -0.05) is 30.7 Å². The average Bonchev–Trinajstić information content (AvgIpc) is 2.76. The summed E-state index contributed by atoms with van der Waals surface area (Å²) in [5.74, 6) is -0.446. The van der Waals surface area contributed by atoms with Crippen molar-refractivity contribution in [1.82, 2.24) is 9.62 Å². The van der Waals surface area contributed by atoms with Crippen molar-refractivity contribution in [3.63, 3.8) is 0 Å². The lowest BCUT2D eigenvalue weighted by Crippen LogP contribution is -2.43. The molecule has 2 aromatic carbocycles. The number of hydrogen-bond acceptors (Lipinski definition) is 4. The molecule has 1 saturated heterocycles. The van der Waals surface area contributed by atoms with Crippen molar-refractivity contribution in [1.29, 1.82) is 0 Å². The number of hydrogen-bond donors (Lipinski definition) is 3. The lowest BCUT2D eigenvalue weighted by Gasteiger charge is -2.26. The van der Waals surface area contributed by atoms with Gasteiger partial charge in [-0.05, 0) is 56.5 Å². The van der Waals surface area contributed by atoms with Crippen molar-refractivity contribution in [2.24, 2.45) is 0 Å². The molecule has 1 aliphatic heterocycles. The fraction of sp³-hybridized carbons (Fsp3) is 0.364. The molecule has 3 amide bonds. The molecule has 9 heteroatoms. The highest BCUT2D eigenvalue weighted by Crippen LogP contribution is 2.25. The summed E-state index contributed by atoms with van der Waals surface area (Å²) in [6.07, 6.45) is 2.73. The minimum atomic E-state index is -3.61. The standard InChI is InChI=1S/C22H28N4O4S/c1-16-11-12-19(31(29,30)26-13-7-4-8-14-26)15-20(16)25-21(27)17(2)23-22(28)24-18-9-5-3-6-10-18/h3,5-6,9-12,15,17H,4,7-8,13-14H2,1-2H3,(H,25,27)(H2,23,24,28)/t17-/m0/s1. The molecule has 0 bridgehead atoms. The number of urea groups is 1. The van der Waals surface area contributed by atoms with E-state index in [2.05, 4.69) is 16.0 Å². The first kappa shape index (κ1) is 22.8. The summed E-state index contributed by atoms with van der Waals surface area (Å²) in [4.78, 5) is 24.9. The van der Waals surface area contributed by atoms with Crippen molar-refractivity contribution in [3.05, 3.63) is 54.1 Å². The third-order valence-electron chi connectivity index (χ3n) is 5.19. The van der Waals surface area contributed by atoms with E-state index in [9.17, 15) is 18.0 Å². The average molecular weight is 445 g/mol. The third-order valence-corrected chi connectivity index (χ3v) is 7.09. The van der Waals surface area contributed by atoms with E-state index in [0.717, 1.165) is 24.8 Å². The van der Waals surface area contributed by atoms with Crippen LogP contribution in [0.1, 0.15) is 31.7 Å². The summed E-state index contributed by atoms with van der Waals surface area (Å²) in [6.45, 7) is 4.36. The molecule has 2 aromatic rings. The van der Waals surface area contributed by atoms with Crippen LogP contribution in [0.3, 0.4) is 0 Å². The maximum Gasteiger partial charge on any atom is 0.319 e. The first-order valence-corrected chi connectivity index (χ1v) is 11.8. The first-order chi connectivity index (χ1) is 14.8. The van der Waals surface area contributed by atoms with Crippen molar-refractivity contribution in [2.45, 2.75) is 44.0 Å². The molecule has 0 aromatic heterocycles. The molecule has 1 atom stereocenters. The van der Waals surface area contributed by atoms with E-state index in [-0.39, 0.29) is 4.90 Å². The van der Waals surface area contributed by atoms with Gasteiger partial charge in [0.25, 0.3) is 0 Å². The molecule has 0 unspecified atom stereocenters. The van der Waals surface area contributed by atoms with Crippen molar-refractivity contribution in [2.75, 3.05) is 23.7 Å². The lowest BCUT2D eigenvalue weighted by atomic mass is 10.2. The molecular formula is C22H28N4O4S. The monoisotopic (exact) mass is 444 g/mol. The third kappa shape index (κ3) is 5.83. The van der Waals surface area contributed by atoms with Crippen LogP contribution in [-0.4, -0.2) is 43.8 Å². The highest BCUT2D eigenvalue weighted by atomic mass is 32.2. The second-order valence-electron chi connectivity index (χ2n) is 7.62. The summed E-state index contributed by atoms with van der Waals surface area (Å²) >= 11 is 0. The largest absolute Gasteiger partial charge is 0.326 e. The van der Waals surface area contributed by atoms with Crippen molar-refractivity contribution < 1.29 is 18.0 Å². The Morgan fingerprint density at radius 2 is 1.65 bits per heavy atom. The molecule has 31 heavy (non-hydrogen) atoms. The fourth-order valence-electron chi connectivity index (χ4n) is 3.34. The second-order valence-corrected chi connectivity index (χ2v) is 9.55. The van der Waals surface area contributed by atoms with Crippen molar-refractivity contribution in [3.8, 4) is 0 Å². The maximum absolute atomic E-state index is 12.9. The molecule has 0 radical (unpaired) electrons. The van der Waals surface area contributed by atoms with E-state index in [1.807, 2.05) is 6.07 Å². The van der Waals surface area contributed by atoms with Crippen LogP contribution in [-0.2, 0) is 14.8 Å². The smallest absolute Gasteiger partial charge is 0.319 e. The molecular weight excluding hydrogens is 416 g/mol. The molecule has 1 aliphatic rings. The normalized spacial score (nSPS) is 15.7. The Kier molecular flexibility index (Phi) is 7.29. The summed E-state index contributed by atoms with van der Waals surface area (Å²) in [5.41, 5.74) is 1.74. The Morgan fingerprint density at radius 1 is 0.968 bits per heavy atom. The van der Waals surface area contributed by atoms with Gasteiger partial charge in [-0.2, -0.15) is 4.31 Å². The van der Waals surface area contributed by atoms with Gasteiger partial charge in [-0.25, -0.2) is 13.2 Å². The van der Waals surface area contributed by atoms with Gasteiger partial charge in [0.2, 0.25) is 15.9 Å². The van der Waals surface area contributed by atoms with Crippen LogP contribution < -0.4 is 16.0 Å². The first-order valence-electron chi connectivity index (χ1n) is 10.3. The predicted molar refractivity (Wildman–Crippen MR) is 120 cm³/mol. The summed E-state index contributed by atoms with van der Waals surface area (Å²) in [7, 11) is -3.61. The van der Waals surface area contributed by atoms with E-state index in [1.165, 1.54) is 10.4 Å². The Balaban J connectivity index is 1.66.